The second kappa shape index (κ2) is 10.7. The number of fused-ring (bicyclic) bond motifs is 1. The number of hydrogen-bond acceptors (Lipinski definition) is 6. The standard InChI is InChI=1S/C27H30N6O2/c28-26(34)21-8-4-9-23-25(21)31-27(30-23)22-18-29-11-10-24(22)35-17-5-12-32-13-15-33(16-14-32)19-20-6-2-1-3-7-20/h1-4,6-11,18H,5,12-17,19H2,(H2,28,34)(H,30,31). The smallest absolute Gasteiger partial charge is 0.250 e. The van der Waals surface area contributed by atoms with Crippen LogP contribution < -0.4 is 10.5 Å². The number of imidazole rings is 1. The van der Waals surface area contributed by atoms with Crippen molar-refractivity contribution in [3.05, 3.63) is 78.1 Å². The molecule has 2 aromatic carbocycles. The SMILES string of the molecule is NC(=O)c1cccc2[nH]c(-c3cnccc3OCCCN3CCN(Cc4ccccc4)CC3)nc12. The van der Waals surface area contributed by atoms with Gasteiger partial charge in [0.05, 0.1) is 23.3 Å². The van der Waals surface area contributed by atoms with Gasteiger partial charge in [-0.05, 0) is 30.2 Å². The molecule has 1 aliphatic heterocycles. The Hall–Kier alpha value is -3.75. The van der Waals surface area contributed by atoms with Crippen LogP contribution in [0.2, 0.25) is 0 Å². The molecule has 1 aliphatic rings. The predicted octanol–water partition coefficient (Wildman–Crippen LogP) is 3.31. The number of nitrogens with zero attached hydrogens (tertiary/aromatic N) is 4. The maximum atomic E-state index is 11.8. The third kappa shape index (κ3) is 5.50. The van der Waals surface area contributed by atoms with Crippen LogP contribution >= 0.6 is 0 Å². The van der Waals surface area contributed by atoms with Gasteiger partial charge >= 0.3 is 0 Å². The van der Waals surface area contributed by atoms with Crippen molar-refractivity contribution in [2.75, 3.05) is 39.3 Å². The fourth-order valence-corrected chi connectivity index (χ4v) is 4.53. The average molecular weight is 471 g/mol. The Morgan fingerprint density at radius 3 is 2.60 bits per heavy atom. The Labute approximate surface area is 204 Å². The summed E-state index contributed by atoms with van der Waals surface area (Å²) >= 11 is 0. The Morgan fingerprint density at radius 1 is 1.00 bits per heavy atom. The molecule has 8 nitrogen and oxygen atoms in total. The number of carbonyl (C=O) groups is 1. The number of H-pyrrole nitrogens is 1. The molecule has 2 aromatic heterocycles. The van der Waals surface area contributed by atoms with Crippen molar-refractivity contribution in [2.24, 2.45) is 5.73 Å². The number of para-hydroxylation sites is 1. The highest BCUT2D eigenvalue weighted by molar-refractivity contribution is 6.04. The molecule has 180 valence electrons. The third-order valence-electron chi connectivity index (χ3n) is 6.40. The Balaban J connectivity index is 1.14. The number of nitrogens with two attached hydrogens (primary N) is 1. The zero-order valence-corrected chi connectivity index (χ0v) is 19.7. The summed E-state index contributed by atoms with van der Waals surface area (Å²) in [7, 11) is 0. The Kier molecular flexibility index (Phi) is 7.02. The lowest BCUT2D eigenvalue weighted by Gasteiger charge is -2.34. The van der Waals surface area contributed by atoms with Gasteiger partial charge in [-0.15, -0.1) is 0 Å². The zero-order valence-electron chi connectivity index (χ0n) is 19.7. The van der Waals surface area contributed by atoms with Crippen molar-refractivity contribution in [2.45, 2.75) is 13.0 Å². The van der Waals surface area contributed by atoms with Gasteiger partial charge in [0.15, 0.2) is 0 Å². The largest absolute Gasteiger partial charge is 0.493 e. The van der Waals surface area contributed by atoms with Crippen LogP contribution in [0.25, 0.3) is 22.4 Å². The monoisotopic (exact) mass is 470 g/mol. The summed E-state index contributed by atoms with van der Waals surface area (Å²) < 4.78 is 6.13. The highest BCUT2D eigenvalue weighted by atomic mass is 16.5. The van der Waals surface area contributed by atoms with Gasteiger partial charge in [-0.3, -0.25) is 14.7 Å². The van der Waals surface area contributed by atoms with E-state index < -0.39 is 5.91 Å². The molecule has 1 fully saturated rings. The Bertz CT molecular complexity index is 1280. The first-order valence-corrected chi connectivity index (χ1v) is 12.0. The van der Waals surface area contributed by atoms with Crippen LogP contribution in [0.5, 0.6) is 5.75 Å². The van der Waals surface area contributed by atoms with E-state index in [0.29, 0.717) is 29.3 Å². The van der Waals surface area contributed by atoms with E-state index in [1.165, 1.54) is 5.56 Å². The fourth-order valence-electron chi connectivity index (χ4n) is 4.53. The minimum atomic E-state index is -0.503. The number of piperazine rings is 1. The molecule has 1 saturated heterocycles. The minimum absolute atomic E-state index is 0.389. The van der Waals surface area contributed by atoms with E-state index in [9.17, 15) is 4.79 Å². The van der Waals surface area contributed by atoms with Gasteiger partial charge in [-0.25, -0.2) is 4.98 Å². The summed E-state index contributed by atoms with van der Waals surface area (Å²) in [5.41, 5.74) is 9.33. The summed E-state index contributed by atoms with van der Waals surface area (Å²) in [5, 5.41) is 0. The number of rotatable bonds is 9. The lowest BCUT2D eigenvalue weighted by atomic mass is 10.2. The topological polar surface area (TPSA) is 100 Å². The normalized spacial score (nSPS) is 14.9. The molecule has 0 unspecified atom stereocenters. The number of carbonyl (C=O) groups excluding carboxylic acids is 1. The average Bonchev–Trinajstić information content (AvgIpc) is 3.33. The molecule has 35 heavy (non-hydrogen) atoms. The summed E-state index contributed by atoms with van der Waals surface area (Å²) in [4.78, 5) is 28.9. The van der Waals surface area contributed by atoms with Crippen LogP contribution in [0.4, 0.5) is 0 Å². The maximum Gasteiger partial charge on any atom is 0.250 e. The maximum absolute atomic E-state index is 11.8. The summed E-state index contributed by atoms with van der Waals surface area (Å²) in [5.74, 6) is 0.816. The van der Waals surface area contributed by atoms with Gasteiger partial charge in [0.1, 0.15) is 17.1 Å². The molecule has 0 atom stereocenters. The van der Waals surface area contributed by atoms with Crippen LogP contribution in [-0.2, 0) is 6.54 Å². The van der Waals surface area contributed by atoms with Crippen molar-refractivity contribution in [1.82, 2.24) is 24.8 Å². The molecule has 0 spiro atoms. The number of aromatic amines is 1. The van der Waals surface area contributed by atoms with Crippen LogP contribution in [0.1, 0.15) is 22.3 Å². The minimum Gasteiger partial charge on any atom is -0.493 e. The van der Waals surface area contributed by atoms with Crippen molar-refractivity contribution in [3.63, 3.8) is 0 Å². The second-order valence-electron chi connectivity index (χ2n) is 8.83. The van der Waals surface area contributed by atoms with E-state index in [0.717, 1.165) is 56.8 Å². The van der Waals surface area contributed by atoms with Crippen LogP contribution in [0.15, 0.2) is 67.0 Å². The molecule has 3 N–H and O–H groups in total. The number of primary amides is 1. The highest BCUT2D eigenvalue weighted by Crippen LogP contribution is 2.29. The van der Waals surface area contributed by atoms with Crippen molar-refractivity contribution in [1.29, 1.82) is 0 Å². The Morgan fingerprint density at radius 2 is 1.80 bits per heavy atom. The van der Waals surface area contributed by atoms with E-state index in [-0.39, 0.29) is 0 Å². The molecule has 3 heterocycles. The van der Waals surface area contributed by atoms with Gasteiger partial charge in [0.25, 0.3) is 5.91 Å². The quantitative estimate of drug-likeness (QED) is 0.364. The fraction of sp³-hybridized carbons (Fsp3) is 0.296. The first-order chi connectivity index (χ1) is 17.2. The zero-order chi connectivity index (χ0) is 24.0. The number of amides is 1. The number of hydrogen-bond donors (Lipinski definition) is 2. The first-order valence-electron chi connectivity index (χ1n) is 12.0. The summed E-state index contributed by atoms with van der Waals surface area (Å²) in [6.07, 6.45) is 4.37. The predicted molar refractivity (Wildman–Crippen MR) is 136 cm³/mol. The lowest BCUT2D eigenvalue weighted by molar-refractivity contribution is 0.100. The van der Waals surface area contributed by atoms with Crippen LogP contribution in [-0.4, -0.2) is 70.0 Å². The van der Waals surface area contributed by atoms with Crippen molar-refractivity contribution >= 4 is 16.9 Å². The molecule has 0 radical (unpaired) electrons. The molecular weight excluding hydrogens is 440 g/mol. The number of aromatic nitrogens is 3. The van der Waals surface area contributed by atoms with Crippen molar-refractivity contribution < 1.29 is 9.53 Å². The van der Waals surface area contributed by atoms with E-state index in [1.807, 2.05) is 12.1 Å². The molecule has 0 aliphatic carbocycles. The molecule has 4 aromatic rings. The number of ether oxygens (including phenoxy) is 1. The first kappa shape index (κ1) is 23.0. The van der Waals surface area contributed by atoms with E-state index in [2.05, 4.69) is 55.1 Å². The number of benzene rings is 2. The van der Waals surface area contributed by atoms with E-state index in [1.54, 1.807) is 24.5 Å². The van der Waals surface area contributed by atoms with Gasteiger partial charge in [-0.1, -0.05) is 36.4 Å². The van der Waals surface area contributed by atoms with Gasteiger partial charge < -0.3 is 20.4 Å². The van der Waals surface area contributed by atoms with Gasteiger partial charge in [0.2, 0.25) is 0 Å². The molecule has 0 saturated carbocycles. The van der Waals surface area contributed by atoms with Gasteiger partial charge in [-0.2, -0.15) is 0 Å². The summed E-state index contributed by atoms with van der Waals surface area (Å²) in [6.45, 7) is 6.96. The van der Waals surface area contributed by atoms with E-state index >= 15 is 0 Å². The van der Waals surface area contributed by atoms with E-state index in [4.69, 9.17) is 10.5 Å². The molecule has 0 bridgehead atoms. The molecule has 1 amide bonds. The number of pyridine rings is 1. The van der Waals surface area contributed by atoms with Gasteiger partial charge in [0, 0.05) is 51.7 Å². The van der Waals surface area contributed by atoms with Crippen LogP contribution in [0, 0.1) is 0 Å². The third-order valence-corrected chi connectivity index (χ3v) is 6.40. The summed E-state index contributed by atoms with van der Waals surface area (Å²) in [6, 6.07) is 17.8. The molecule has 5 rings (SSSR count). The second-order valence-corrected chi connectivity index (χ2v) is 8.83. The lowest BCUT2D eigenvalue weighted by Crippen LogP contribution is -2.46. The van der Waals surface area contributed by atoms with Crippen molar-refractivity contribution in [3.8, 4) is 17.1 Å². The molecule has 8 heteroatoms. The molecular formula is C27H30N6O2. The highest BCUT2D eigenvalue weighted by Gasteiger charge is 2.18. The number of nitrogens with one attached hydrogen (secondary N) is 1. The van der Waals surface area contributed by atoms with Crippen LogP contribution in [0.3, 0.4) is 0 Å².